The molecule has 0 fully saturated rings. The van der Waals surface area contributed by atoms with Gasteiger partial charge in [-0.2, -0.15) is 0 Å². The van der Waals surface area contributed by atoms with E-state index in [0.717, 1.165) is 24.1 Å². The molecule has 0 saturated carbocycles. The van der Waals surface area contributed by atoms with E-state index in [1.165, 1.54) is 47.0 Å². The predicted molar refractivity (Wildman–Crippen MR) is 141 cm³/mol. The van der Waals surface area contributed by atoms with Gasteiger partial charge in [0.15, 0.2) is 0 Å². The Hall–Kier alpha value is -3.74. The number of anilines is 2. The quantitative estimate of drug-likeness (QED) is 0.490. The molecule has 37 heavy (non-hydrogen) atoms. The third kappa shape index (κ3) is 5.50. The van der Waals surface area contributed by atoms with Crippen LogP contribution in [0.2, 0.25) is 0 Å². The van der Waals surface area contributed by atoms with Gasteiger partial charge in [0, 0.05) is 30.6 Å². The van der Waals surface area contributed by atoms with Gasteiger partial charge in [-0.15, -0.1) is 11.3 Å². The molecule has 0 radical (unpaired) electrons. The number of benzene rings is 2. The van der Waals surface area contributed by atoms with Crippen molar-refractivity contribution in [1.82, 2.24) is 10.2 Å². The van der Waals surface area contributed by atoms with E-state index in [4.69, 9.17) is 0 Å². The number of imide groups is 1. The van der Waals surface area contributed by atoms with Crippen molar-refractivity contribution in [3.8, 4) is 0 Å². The zero-order valence-corrected chi connectivity index (χ0v) is 22.1. The molecule has 3 amide bonds. The molecule has 2 N–H and O–H groups in total. The number of sulfonamides is 1. The second kappa shape index (κ2) is 10.7. The van der Waals surface area contributed by atoms with Crippen molar-refractivity contribution in [2.24, 2.45) is 0 Å². The van der Waals surface area contributed by atoms with E-state index >= 15 is 0 Å². The Kier molecular flexibility index (Phi) is 7.62. The second-order valence-corrected chi connectivity index (χ2v) is 11.5. The molecule has 0 spiro atoms. The number of likely N-dealkylation sites (N-methyl/N-ethyl adjacent to an activating group) is 1. The molecule has 1 aromatic heterocycles. The number of alkyl carbamates (subject to hydrolysis) is 1. The normalized spacial score (nSPS) is 13.4. The standard InChI is InChI=1S/C25H26N4O6S2/c1-28-14-13-19-20(15-28)36-24(21(19)23(31)27-25(32)35-3)26-22(30)16-9-11-18(12-10-16)37(33,34)29(2)17-7-5-4-6-8-17/h4-12H,13-15H2,1-3H3,(H,26,30)(H,27,31,32). The molecule has 0 unspecified atom stereocenters. The smallest absolute Gasteiger partial charge is 0.413 e. The van der Waals surface area contributed by atoms with Crippen LogP contribution in [0.5, 0.6) is 0 Å². The second-order valence-electron chi connectivity index (χ2n) is 8.43. The first kappa shape index (κ1) is 26.3. The number of carbonyl (C=O) groups excluding carboxylic acids is 3. The van der Waals surface area contributed by atoms with Crippen molar-refractivity contribution in [1.29, 1.82) is 0 Å². The fraction of sp³-hybridized carbons (Fsp3) is 0.240. The minimum Gasteiger partial charge on any atom is -0.453 e. The first-order chi connectivity index (χ1) is 17.6. The lowest BCUT2D eigenvalue weighted by atomic mass is 10.0. The van der Waals surface area contributed by atoms with E-state index in [1.807, 2.05) is 7.05 Å². The molecule has 0 atom stereocenters. The summed E-state index contributed by atoms with van der Waals surface area (Å²) in [4.78, 5) is 40.6. The molecule has 10 nitrogen and oxygen atoms in total. The number of hydrogen-bond donors (Lipinski definition) is 2. The number of carbonyl (C=O) groups is 3. The van der Waals surface area contributed by atoms with Gasteiger partial charge in [-0.1, -0.05) is 18.2 Å². The minimum absolute atomic E-state index is 0.0307. The van der Waals surface area contributed by atoms with E-state index in [0.29, 0.717) is 23.7 Å². The van der Waals surface area contributed by atoms with Gasteiger partial charge in [-0.25, -0.2) is 13.2 Å². The maximum absolute atomic E-state index is 13.1. The summed E-state index contributed by atoms with van der Waals surface area (Å²) in [7, 11) is 0.746. The molecule has 2 heterocycles. The average molecular weight is 543 g/mol. The maximum atomic E-state index is 13.1. The molecule has 0 saturated heterocycles. The lowest BCUT2D eigenvalue weighted by molar-refractivity contribution is 0.0936. The summed E-state index contributed by atoms with van der Waals surface area (Å²) in [5.74, 6) is -1.17. The Morgan fingerprint density at radius 2 is 1.70 bits per heavy atom. The Morgan fingerprint density at radius 1 is 1.03 bits per heavy atom. The predicted octanol–water partition coefficient (Wildman–Crippen LogP) is 3.31. The average Bonchev–Trinajstić information content (AvgIpc) is 3.25. The number of nitrogens with zero attached hydrogens (tertiary/aromatic N) is 2. The molecule has 12 heteroatoms. The van der Waals surface area contributed by atoms with Gasteiger partial charge in [0.1, 0.15) is 5.00 Å². The van der Waals surface area contributed by atoms with Gasteiger partial charge in [-0.05, 0) is 55.4 Å². The van der Waals surface area contributed by atoms with Crippen molar-refractivity contribution < 1.29 is 27.5 Å². The summed E-state index contributed by atoms with van der Waals surface area (Å²) in [5, 5.41) is 5.24. The van der Waals surface area contributed by atoms with Crippen LogP contribution in [-0.2, 0) is 27.7 Å². The van der Waals surface area contributed by atoms with Crippen LogP contribution in [0.1, 0.15) is 31.2 Å². The van der Waals surface area contributed by atoms with E-state index in [2.05, 4.69) is 20.3 Å². The highest BCUT2D eigenvalue weighted by Gasteiger charge is 2.29. The van der Waals surface area contributed by atoms with Crippen molar-refractivity contribution in [2.45, 2.75) is 17.9 Å². The molecule has 3 aromatic rings. The number of ether oxygens (including phenoxy) is 1. The monoisotopic (exact) mass is 542 g/mol. The molecular weight excluding hydrogens is 516 g/mol. The number of thiophene rings is 1. The van der Waals surface area contributed by atoms with Crippen LogP contribution in [0.25, 0.3) is 0 Å². The van der Waals surface area contributed by atoms with Crippen molar-refractivity contribution in [2.75, 3.05) is 37.4 Å². The number of para-hydroxylation sites is 1. The number of amides is 3. The number of hydrogen-bond acceptors (Lipinski definition) is 8. The summed E-state index contributed by atoms with van der Waals surface area (Å²) in [6, 6.07) is 14.2. The van der Waals surface area contributed by atoms with Gasteiger partial charge in [0.05, 0.1) is 23.3 Å². The number of methoxy groups -OCH3 is 1. The molecule has 194 valence electrons. The Balaban J connectivity index is 1.58. The topological polar surface area (TPSA) is 125 Å². The fourth-order valence-corrected chi connectivity index (χ4v) is 6.47. The Bertz CT molecular complexity index is 1440. The first-order valence-electron chi connectivity index (χ1n) is 11.3. The SMILES string of the molecule is COC(=O)NC(=O)c1c(NC(=O)c2ccc(S(=O)(=O)N(C)c3ccccc3)cc2)sc2c1CCN(C)C2. The molecule has 1 aliphatic rings. The summed E-state index contributed by atoms with van der Waals surface area (Å²) in [6.07, 6.45) is -0.309. The third-order valence-electron chi connectivity index (χ3n) is 6.00. The zero-order chi connectivity index (χ0) is 26.7. The zero-order valence-electron chi connectivity index (χ0n) is 20.5. The molecule has 2 aromatic carbocycles. The highest BCUT2D eigenvalue weighted by molar-refractivity contribution is 7.92. The van der Waals surface area contributed by atoms with Crippen molar-refractivity contribution >= 4 is 50.0 Å². The van der Waals surface area contributed by atoms with Crippen LogP contribution >= 0.6 is 11.3 Å². The van der Waals surface area contributed by atoms with E-state index in [1.54, 1.807) is 30.3 Å². The summed E-state index contributed by atoms with van der Waals surface area (Å²) in [5.41, 5.74) is 1.74. The molecular formula is C25H26N4O6S2. The molecule has 4 rings (SSSR count). The third-order valence-corrected chi connectivity index (χ3v) is 8.93. The fourth-order valence-electron chi connectivity index (χ4n) is 3.95. The van der Waals surface area contributed by atoms with E-state index in [9.17, 15) is 22.8 Å². The van der Waals surface area contributed by atoms with Crippen LogP contribution in [-0.4, -0.2) is 59.0 Å². The van der Waals surface area contributed by atoms with Crippen LogP contribution in [0, 0.1) is 0 Å². The Morgan fingerprint density at radius 3 is 2.35 bits per heavy atom. The molecule has 1 aliphatic heterocycles. The minimum atomic E-state index is -3.83. The van der Waals surface area contributed by atoms with Gasteiger partial charge in [0.2, 0.25) is 0 Å². The highest BCUT2D eigenvalue weighted by atomic mass is 32.2. The van der Waals surface area contributed by atoms with Gasteiger partial charge in [0.25, 0.3) is 21.8 Å². The summed E-state index contributed by atoms with van der Waals surface area (Å²) in [6.45, 7) is 1.33. The molecule has 0 bridgehead atoms. The Labute approximate surface area is 218 Å². The lowest BCUT2D eigenvalue weighted by Crippen LogP contribution is -2.32. The van der Waals surface area contributed by atoms with E-state index in [-0.39, 0.29) is 16.0 Å². The van der Waals surface area contributed by atoms with Crippen LogP contribution in [0.15, 0.2) is 59.5 Å². The first-order valence-corrected chi connectivity index (χ1v) is 13.5. The lowest BCUT2D eigenvalue weighted by Gasteiger charge is -2.22. The van der Waals surface area contributed by atoms with Gasteiger partial charge < -0.3 is 15.0 Å². The highest BCUT2D eigenvalue weighted by Crippen LogP contribution is 2.37. The van der Waals surface area contributed by atoms with Crippen molar-refractivity contribution in [3.63, 3.8) is 0 Å². The number of nitrogens with one attached hydrogen (secondary N) is 2. The van der Waals surface area contributed by atoms with Crippen molar-refractivity contribution in [3.05, 3.63) is 76.2 Å². The van der Waals surface area contributed by atoms with Crippen LogP contribution < -0.4 is 14.9 Å². The maximum Gasteiger partial charge on any atom is 0.413 e. The van der Waals surface area contributed by atoms with Crippen LogP contribution in [0.3, 0.4) is 0 Å². The van der Waals surface area contributed by atoms with E-state index < -0.39 is 27.9 Å². The van der Waals surface area contributed by atoms with Gasteiger partial charge >= 0.3 is 6.09 Å². The molecule has 0 aliphatic carbocycles. The van der Waals surface area contributed by atoms with Crippen LogP contribution in [0.4, 0.5) is 15.5 Å². The summed E-state index contributed by atoms with van der Waals surface area (Å²) < 4.78 is 31.7. The summed E-state index contributed by atoms with van der Waals surface area (Å²) >= 11 is 1.27. The largest absolute Gasteiger partial charge is 0.453 e. The number of fused-ring (bicyclic) bond motifs is 1. The van der Waals surface area contributed by atoms with Gasteiger partial charge in [-0.3, -0.25) is 19.2 Å². The number of rotatable bonds is 6.